The van der Waals surface area contributed by atoms with Crippen LogP contribution in [0.3, 0.4) is 0 Å². The molecular formula is C9H23O5PSi. The molecule has 0 saturated heterocycles. The molecule has 0 radical (unpaired) electrons. The van der Waals surface area contributed by atoms with Gasteiger partial charge in [0.2, 0.25) is 0 Å². The van der Waals surface area contributed by atoms with E-state index >= 15 is 0 Å². The second-order valence-corrected chi connectivity index (χ2v) is 9.99. The summed E-state index contributed by atoms with van der Waals surface area (Å²) in [6.45, 7) is 10.2. The van der Waals surface area contributed by atoms with Crippen molar-refractivity contribution in [2.24, 2.45) is 0 Å². The van der Waals surface area contributed by atoms with Crippen LogP contribution in [0.5, 0.6) is 0 Å². The van der Waals surface area contributed by atoms with E-state index in [1.165, 1.54) is 0 Å². The summed E-state index contributed by atoms with van der Waals surface area (Å²) >= 11 is 0. The second-order valence-electron chi connectivity index (χ2n) is 4.52. The monoisotopic (exact) mass is 270 g/mol. The van der Waals surface area contributed by atoms with E-state index in [1.807, 2.05) is 20.4 Å². The molecule has 0 aromatic heterocycles. The van der Waals surface area contributed by atoms with E-state index in [-0.39, 0.29) is 6.16 Å². The van der Waals surface area contributed by atoms with Crippen molar-refractivity contribution in [1.82, 2.24) is 0 Å². The van der Waals surface area contributed by atoms with Crippen LogP contribution >= 0.6 is 7.60 Å². The highest BCUT2D eigenvalue weighted by Gasteiger charge is 2.50. The molecule has 0 aliphatic carbocycles. The molecule has 0 spiro atoms. The minimum Gasteiger partial charge on any atom is -0.394 e. The first-order valence-corrected chi connectivity index (χ1v) is 9.52. The van der Waals surface area contributed by atoms with Crippen molar-refractivity contribution in [2.75, 3.05) is 19.4 Å². The van der Waals surface area contributed by atoms with Gasteiger partial charge in [-0.3, -0.25) is 4.57 Å². The first-order valence-electron chi connectivity index (χ1n) is 5.40. The summed E-state index contributed by atoms with van der Waals surface area (Å²) in [5, 5.41) is -0.627. The molecule has 0 aliphatic heterocycles. The Morgan fingerprint density at radius 2 is 1.56 bits per heavy atom. The van der Waals surface area contributed by atoms with Crippen LogP contribution in [-0.4, -0.2) is 37.7 Å². The van der Waals surface area contributed by atoms with Crippen molar-refractivity contribution >= 4 is 16.2 Å². The van der Waals surface area contributed by atoms with Crippen molar-refractivity contribution in [3.05, 3.63) is 0 Å². The van der Waals surface area contributed by atoms with E-state index in [2.05, 4.69) is 0 Å². The number of rotatable bonds is 7. The molecule has 0 amide bonds. The quantitative estimate of drug-likeness (QED) is 0.547. The van der Waals surface area contributed by atoms with Crippen LogP contribution < -0.4 is 0 Å². The average molecular weight is 270 g/mol. The molecule has 0 unspecified atom stereocenters. The molecule has 0 saturated carbocycles. The van der Waals surface area contributed by atoms with Gasteiger partial charge in [-0.1, -0.05) is 13.8 Å². The maximum atomic E-state index is 11.1. The highest BCUT2D eigenvalue weighted by atomic mass is 31.2. The summed E-state index contributed by atoms with van der Waals surface area (Å²) < 4.78 is 22.4. The van der Waals surface area contributed by atoms with Gasteiger partial charge in [-0.05, 0) is 20.4 Å². The van der Waals surface area contributed by atoms with E-state index in [0.717, 1.165) is 0 Å². The smallest absolute Gasteiger partial charge is 0.341 e. The van der Waals surface area contributed by atoms with Gasteiger partial charge < -0.3 is 18.6 Å². The topological polar surface area (TPSA) is 76.0 Å². The largest absolute Gasteiger partial charge is 0.394 e. The van der Waals surface area contributed by atoms with E-state index < -0.39 is 21.2 Å². The zero-order valence-electron chi connectivity index (χ0n) is 10.7. The van der Waals surface area contributed by atoms with E-state index in [1.54, 1.807) is 13.8 Å². The standard InChI is InChI=1S/C9H23O5PSi/c1-6-13-16(5,14-7-2)9(3,4)8-15(10,11)12/h6-8H2,1-5H3,(H2,10,11,12). The van der Waals surface area contributed by atoms with Gasteiger partial charge in [0.05, 0.1) is 6.16 Å². The molecule has 0 heterocycles. The van der Waals surface area contributed by atoms with Crippen molar-refractivity contribution in [1.29, 1.82) is 0 Å². The van der Waals surface area contributed by atoms with Gasteiger partial charge in [-0.15, -0.1) is 0 Å². The fourth-order valence-corrected chi connectivity index (χ4v) is 6.40. The zero-order valence-corrected chi connectivity index (χ0v) is 12.6. The van der Waals surface area contributed by atoms with Gasteiger partial charge in [0.25, 0.3) is 0 Å². The van der Waals surface area contributed by atoms with Gasteiger partial charge in [-0.2, -0.15) is 0 Å². The second kappa shape index (κ2) is 5.75. The van der Waals surface area contributed by atoms with Crippen LogP contribution in [0.4, 0.5) is 0 Å². The minimum absolute atomic E-state index is 0.206. The van der Waals surface area contributed by atoms with Crippen LogP contribution in [-0.2, 0) is 13.4 Å². The zero-order chi connectivity index (χ0) is 13.0. The Bertz CT molecular complexity index is 257. The van der Waals surface area contributed by atoms with E-state index in [9.17, 15) is 4.57 Å². The van der Waals surface area contributed by atoms with Gasteiger partial charge in [-0.25, -0.2) is 0 Å². The Morgan fingerprint density at radius 3 is 1.81 bits per heavy atom. The third kappa shape index (κ3) is 4.65. The van der Waals surface area contributed by atoms with Crippen LogP contribution in [0.2, 0.25) is 11.6 Å². The number of hydrogen-bond acceptors (Lipinski definition) is 3. The Kier molecular flexibility index (Phi) is 5.86. The summed E-state index contributed by atoms with van der Waals surface area (Å²) in [5.74, 6) is 0. The molecule has 2 N–H and O–H groups in total. The Balaban J connectivity index is 4.95. The fourth-order valence-electron chi connectivity index (χ4n) is 1.64. The fraction of sp³-hybridized carbons (Fsp3) is 1.00. The third-order valence-electron chi connectivity index (χ3n) is 2.67. The van der Waals surface area contributed by atoms with Gasteiger partial charge in [0, 0.05) is 18.3 Å². The highest BCUT2D eigenvalue weighted by molar-refractivity contribution is 7.52. The lowest BCUT2D eigenvalue weighted by molar-refractivity contribution is 0.166. The molecule has 0 aromatic rings. The molecule has 5 nitrogen and oxygen atoms in total. The molecule has 0 atom stereocenters. The van der Waals surface area contributed by atoms with Crippen molar-refractivity contribution in [2.45, 2.75) is 39.3 Å². The molecule has 7 heteroatoms. The van der Waals surface area contributed by atoms with Gasteiger partial charge in [0.1, 0.15) is 0 Å². The maximum Gasteiger partial charge on any atom is 0.341 e. The molecule has 0 bridgehead atoms. The SMILES string of the molecule is CCO[Si](C)(OCC)C(C)(C)CP(=O)(O)O. The number of hydrogen-bond donors (Lipinski definition) is 2. The third-order valence-corrected chi connectivity index (χ3v) is 8.48. The van der Waals surface area contributed by atoms with Crippen molar-refractivity contribution in [3.63, 3.8) is 0 Å². The average Bonchev–Trinajstić information content (AvgIpc) is 1.99. The van der Waals surface area contributed by atoms with Crippen LogP contribution in [0.15, 0.2) is 0 Å². The summed E-state index contributed by atoms with van der Waals surface area (Å²) in [4.78, 5) is 18.2. The normalized spacial score (nSPS) is 14.2. The Morgan fingerprint density at radius 1 is 1.19 bits per heavy atom. The lowest BCUT2D eigenvalue weighted by atomic mass is 10.2. The predicted octanol–water partition coefficient (Wildman–Crippen LogP) is 2.09. The van der Waals surface area contributed by atoms with E-state index in [0.29, 0.717) is 13.2 Å². The molecular weight excluding hydrogens is 247 g/mol. The van der Waals surface area contributed by atoms with Gasteiger partial charge in [0.15, 0.2) is 0 Å². The predicted molar refractivity (Wildman–Crippen MR) is 65.8 cm³/mol. The lowest BCUT2D eigenvalue weighted by Crippen LogP contribution is -2.50. The molecule has 98 valence electrons. The molecule has 0 rings (SSSR count). The molecule has 16 heavy (non-hydrogen) atoms. The lowest BCUT2D eigenvalue weighted by Gasteiger charge is -2.40. The van der Waals surface area contributed by atoms with Crippen LogP contribution in [0.25, 0.3) is 0 Å². The minimum atomic E-state index is -4.06. The highest BCUT2D eigenvalue weighted by Crippen LogP contribution is 2.50. The Labute approximate surface area is 98.6 Å². The first kappa shape index (κ1) is 16.3. The van der Waals surface area contributed by atoms with Crippen LogP contribution in [0, 0.1) is 0 Å². The Hall–Kier alpha value is 0.287. The molecule has 0 aromatic carbocycles. The summed E-state index contributed by atoms with van der Waals surface area (Å²) in [7, 11) is -6.64. The van der Waals surface area contributed by atoms with E-state index in [4.69, 9.17) is 18.6 Å². The van der Waals surface area contributed by atoms with Gasteiger partial charge >= 0.3 is 16.2 Å². The van der Waals surface area contributed by atoms with Crippen LogP contribution in [0.1, 0.15) is 27.7 Å². The molecule has 0 aliphatic rings. The first-order chi connectivity index (χ1) is 7.08. The summed E-state index contributed by atoms with van der Waals surface area (Å²) in [6.07, 6.45) is -0.206. The summed E-state index contributed by atoms with van der Waals surface area (Å²) in [6, 6.07) is 0. The molecule has 0 fully saturated rings. The van der Waals surface area contributed by atoms with Crippen molar-refractivity contribution < 1.29 is 23.2 Å². The summed E-state index contributed by atoms with van der Waals surface area (Å²) in [5.41, 5.74) is 0. The maximum absolute atomic E-state index is 11.1. The van der Waals surface area contributed by atoms with Crippen molar-refractivity contribution in [3.8, 4) is 0 Å².